The molecule has 2 rings (SSSR count). The van der Waals surface area contributed by atoms with Crippen LogP contribution in [0.2, 0.25) is 0 Å². The molecule has 0 spiro atoms. The van der Waals surface area contributed by atoms with Crippen LogP contribution in [0, 0.1) is 0 Å². The van der Waals surface area contributed by atoms with Crippen LogP contribution in [0.25, 0.3) is 0 Å². The first-order valence-corrected chi connectivity index (χ1v) is 8.88. The molecular weight excluding hydrogens is 320 g/mol. The minimum atomic E-state index is 0.153. The summed E-state index contributed by atoms with van der Waals surface area (Å²) in [4.78, 5) is 15.8. The third-order valence-electron chi connectivity index (χ3n) is 5.08. The number of benzene rings is 1. The van der Waals surface area contributed by atoms with Crippen LogP contribution in [0.5, 0.6) is 17.2 Å². The van der Waals surface area contributed by atoms with Gasteiger partial charge < -0.3 is 24.0 Å². The van der Waals surface area contributed by atoms with Crippen LogP contribution in [-0.2, 0) is 11.3 Å². The van der Waals surface area contributed by atoms with E-state index in [9.17, 15) is 4.79 Å². The Balaban J connectivity index is 2.08. The molecule has 0 bridgehead atoms. The second-order valence-electron chi connectivity index (χ2n) is 6.73. The van der Waals surface area contributed by atoms with Crippen molar-refractivity contribution in [3.05, 3.63) is 17.7 Å². The summed E-state index contributed by atoms with van der Waals surface area (Å²) in [7, 11) is 6.62. The maximum atomic E-state index is 12.6. The second kappa shape index (κ2) is 8.94. The molecule has 0 aromatic heterocycles. The molecule has 1 aromatic carbocycles. The summed E-state index contributed by atoms with van der Waals surface area (Å²) in [5.41, 5.74) is 0.901. The largest absolute Gasteiger partial charge is 0.493 e. The molecule has 1 aromatic rings. The quantitative estimate of drug-likeness (QED) is 0.800. The molecule has 6 nitrogen and oxygen atoms in total. The number of carbonyl (C=O) groups excluding carboxylic acids is 1. The number of quaternary nitrogens is 1. The van der Waals surface area contributed by atoms with Gasteiger partial charge in [0.25, 0.3) is 5.91 Å². The van der Waals surface area contributed by atoms with E-state index in [1.165, 1.54) is 24.2 Å². The van der Waals surface area contributed by atoms with Crippen LogP contribution in [0.15, 0.2) is 12.1 Å². The first-order valence-electron chi connectivity index (χ1n) is 8.88. The van der Waals surface area contributed by atoms with Gasteiger partial charge in [-0.05, 0) is 38.3 Å². The van der Waals surface area contributed by atoms with E-state index >= 15 is 0 Å². The van der Waals surface area contributed by atoms with Gasteiger partial charge in [-0.25, -0.2) is 0 Å². The molecule has 1 N–H and O–H groups in total. The third-order valence-corrected chi connectivity index (χ3v) is 5.08. The maximum absolute atomic E-state index is 12.6. The van der Waals surface area contributed by atoms with E-state index in [4.69, 9.17) is 14.2 Å². The minimum absolute atomic E-state index is 0.153. The van der Waals surface area contributed by atoms with Crippen LogP contribution >= 0.6 is 0 Å². The highest BCUT2D eigenvalue weighted by atomic mass is 16.5. The first-order chi connectivity index (χ1) is 12.0. The SMILES string of the molecule is COc1ccc(CN(C)C(=O)C[NH+]2CCCC[C@@H]2C)c(OC)c1OC. The van der Waals surface area contributed by atoms with Gasteiger partial charge in [-0.1, -0.05) is 0 Å². The first kappa shape index (κ1) is 19.4. The lowest BCUT2D eigenvalue weighted by Gasteiger charge is -2.31. The smallest absolute Gasteiger partial charge is 0.277 e. The Kier molecular flexibility index (Phi) is 6.93. The molecular formula is C19H31N2O4+. The molecule has 2 atom stereocenters. The number of nitrogens with one attached hydrogen (secondary N) is 1. The van der Waals surface area contributed by atoms with Gasteiger partial charge >= 0.3 is 0 Å². The van der Waals surface area contributed by atoms with Crippen LogP contribution in [0.4, 0.5) is 0 Å². The molecule has 1 fully saturated rings. The van der Waals surface area contributed by atoms with Crippen molar-refractivity contribution in [2.75, 3.05) is 41.5 Å². The molecule has 1 saturated heterocycles. The molecule has 0 radical (unpaired) electrons. The van der Waals surface area contributed by atoms with Crippen molar-refractivity contribution in [3.63, 3.8) is 0 Å². The average molecular weight is 351 g/mol. The zero-order chi connectivity index (χ0) is 18.4. The summed E-state index contributed by atoms with van der Waals surface area (Å²) in [5.74, 6) is 1.93. The number of nitrogens with zero attached hydrogens (tertiary/aromatic N) is 1. The molecule has 1 aliphatic rings. The fourth-order valence-electron chi connectivity index (χ4n) is 3.48. The number of ether oxygens (including phenoxy) is 3. The molecule has 0 saturated carbocycles. The second-order valence-corrected chi connectivity index (χ2v) is 6.73. The topological polar surface area (TPSA) is 52.4 Å². The number of methoxy groups -OCH3 is 3. The number of piperidine rings is 1. The van der Waals surface area contributed by atoms with Gasteiger partial charge in [0.15, 0.2) is 18.0 Å². The molecule has 6 heteroatoms. The predicted octanol–water partition coefficient (Wildman–Crippen LogP) is 1.13. The van der Waals surface area contributed by atoms with Crippen molar-refractivity contribution in [2.24, 2.45) is 0 Å². The van der Waals surface area contributed by atoms with Gasteiger partial charge in [-0.15, -0.1) is 0 Å². The Labute approximate surface area is 150 Å². The minimum Gasteiger partial charge on any atom is -0.493 e. The van der Waals surface area contributed by atoms with E-state index in [1.807, 2.05) is 19.2 Å². The Morgan fingerprint density at radius 2 is 1.88 bits per heavy atom. The fraction of sp³-hybridized carbons (Fsp3) is 0.632. The van der Waals surface area contributed by atoms with E-state index < -0.39 is 0 Å². The Hall–Kier alpha value is -1.95. The zero-order valence-electron chi connectivity index (χ0n) is 16.1. The summed E-state index contributed by atoms with van der Waals surface area (Å²) in [5, 5.41) is 0. The van der Waals surface area contributed by atoms with Crippen molar-refractivity contribution < 1.29 is 23.9 Å². The number of hydrogen-bond donors (Lipinski definition) is 1. The van der Waals surface area contributed by atoms with Crippen LogP contribution in [0.3, 0.4) is 0 Å². The summed E-state index contributed by atoms with van der Waals surface area (Å²) >= 11 is 0. The molecule has 1 aliphatic heterocycles. The van der Waals surface area contributed by atoms with E-state index in [-0.39, 0.29) is 5.91 Å². The lowest BCUT2D eigenvalue weighted by Crippen LogP contribution is -3.17. The number of hydrogen-bond acceptors (Lipinski definition) is 4. The predicted molar refractivity (Wildman–Crippen MR) is 96.6 cm³/mol. The van der Waals surface area contributed by atoms with Crippen molar-refractivity contribution in [1.82, 2.24) is 4.90 Å². The van der Waals surface area contributed by atoms with Crippen molar-refractivity contribution >= 4 is 5.91 Å². The highest BCUT2D eigenvalue weighted by Gasteiger charge is 2.26. The summed E-state index contributed by atoms with van der Waals surface area (Å²) in [6.45, 7) is 4.34. The highest BCUT2D eigenvalue weighted by molar-refractivity contribution is 5.77. The number of rotatable bonds is 7. The van der Waals surface area contributed by atoms with Crippen LogP contribution in [0.1, 0.15) is 31.7 Å². The highest BCUT2D eigenvalue weighted by Crippen LogP contribution is 2.40. The third kappa shape index (κ3) is 4.57. The summed E-state index contributed by atoms with van der Waals surface area (Å²) in [6, 6.07) is 4.31. The maximum Gasteiger partial charge on any atom is 0.277 e. The van der Waals surface area contributed by atoms with Crippen molar-refractivity contribution in [2.45, 2.75) is 38.8 Å². The molecule has 25 heavy (non-hydrogen) atoms. The van der Waals surface area contributed by atoms with Gasteiger partial charge in [0, 0.05) is 19.2 Å². The Morgan fingerprint density at radius 1 is 1.16 bits per heavy atom. The van der Waals surface area contributed by atoms with Gasteiger partial charge in [-0.3, -0.25) is 4.79 Å². The van der Waals surface area contributed by atoms with Gasteiger partial charge in [0.05, 0.1) is 33.9 Å². The summed E-state index contributed by atoms with van der Waals surface area (Å²) < 4.78 is 16.2. The van der Waals surface area contributed by atoms with Gasteiger partial charge in [0.1, 0.15) is 0 Å². The fourth-order valence-corrected chi connectivity index (χ4v) is 3.48. The van der Waals surface area contributed by atoms with E-state index in [0.29, 0.717) is 36.4 Å². The number of amides is 1. The number of carbonyl (C=O) groups is 1. The summed E-state index contributed by atoms with van der Waals surface area (Å²) in [6.07, 6.45) is 3.69. The number of likely N-dealkylation sites (N-methyl/N-ethyl adjacent to an activating group) is 1. The van der Waals surface area contributed by atoms with E-state index in [0.717, 1.165) is 12.1 Å². The van der Waals surface area contributed by atoms with Crippen LogP contribution < -0.4 is 19.1 Å². The normalized spacial score (nSPS) is 20.0. The number of likely N-dealkylation sites (tertiary alicyclic amines) is 1. The Bertz CT molecular complexity index is 591. The lowest BCUT2D eigenvalue weighted by molar-refractivity contribution is -0.921. The van der Waals surface area contributed by atoms with Crippen molar-refractivity contribution in [1.29, 1.82) is 0 Å². The van der Waals surface area contributed by atoms with Crippen LogP contribution in [-0.4, -0.2) is 58.3 Å². The molecule has 0 aliphatic carbocycles. The van der Waals surface area contributed by atoms with E-state index in [2.05, 4.69) is 6.92 Å². The molecule has 1 amide bonds. The molecule has 140 valence electrons. The van der Waals surface area contributed by atoms with Gasteiger partial charge in [0.2, 0.25) is 5.75 Å². The monoisotopic (exact) mass is 351 g/mol. The Morgan fingerprint density at radius 3 is 2.48 bits per heavy atom. The molecule has 1 unspecified atom stereocenters. The lowest BCUT2D eigenvalue weighted by atomic mass is 10.0. The zero-order valence-corrected chi connectivity index (χ0v) is 16.1. The van der Waals surface area contributed by atoms with Gasteiger partial charge in [-0.2, -0.15) is 0 Å². The van der Waals surface area contributed by atoms with E-state index in [1.54, 1.807) is 26.2 Å². The van der Waals surface area contributed by atoms with Crippen molar-refractivity contribution in [3.8, 4) is 17.2 Å². The standard InChI is InChI=1S/C19H30N2O4/c1-14-8-6-7-11-21(14)13-17(22)20(2)12-15-9-10-16(23-3)19(25-5)18(15)24-4/h9-10,14H,6-8,11-13H2,1-5H3/p+1/t14-/m0/s1. The average Bonchev–Trinajstić information content (AvgIpc) is 2.62. The molecule has 1 heterocycles.